The number of rotatable bonds is 2. The van der Waals surface area contributed by atoms with Gasteiger partial charge in [0.25, 0.3) is 0 Å². The predicted octanol–water partition coefficient (Wildman–Crippen LogP) is 0.448. The third-order valence-corrected chi connectivity index (χ3v) is 3.11. The SMILES string of the molecule is C[C@@H]1C[C@H](O)[C@H](O)[C@](O)(Cc2ccccc2)O1. The van der Waals surface area contributed by atoms with Crippen molar-refractivity contribution in [1.29, 1.82) is 0 Å². The monoisotopic (exact) mass is 238 g/mol. The van der Waals surface area contributed by atoms with Gasteiger partial charge in [-0.2, -0.15) is 0 Å². The lowest BCUT2D eigenvalue weighted by Gasteiger charge is -2.42. The van der Waals surface area contributed by atoms with E-state index in [1.165, 1.54) is 0 Å². The van der Waals surface area contributed by atoms with Crippen molar-refractivity contribution in [2.75, 3.05) is 0 Å². The molecular weight excluding hydrogens is 220 g/mol. The number of aliphatic hydroxyl groups excluding tert-OH is 2. The van der Waals surface area contributed by atoms with Crippen LogP contribution in [0.15, 0.2) is 30.3 Å². The molecule has 4 heteroatoms. The van der Waals surface area contributed by atoms with Crippen molar-refractivity contribution in [3.63, 3.8) is 0 Å². The van der Waals surface area contributed by atoms with Gasteiger partial charge in [0.05, 0.1) is 12.2 Å². The number of hydrogen-bond acceptors (Lipinski definition) is 4. The van der Waals surface area contributed by atoms with Gasteiger partial charge in [-0.05, 0) is 12.5 Å². The molecule has 4 atom stereocenters. The minimum absolute atomic E-state index is 0.163. The molecule has 0 bridgehead atoms. The van der Waals surface area contributed by atoms with E-state index in [2.05, 4.69) is 0 Å². The standard InChI is InChI=1S/C13H18O4/c1-9-7-11(14)12(15)13(16,17-9)8-10-5-3-2-4-6-10/h2-6,9,11-12,14-16H,7-8H2,1H3/t9-,11+,12+,13+/m1/s1. The van der Waals surface area contributed by atoms with Crippen LogP contribution in [-0.4, -0.2) is 39.4 Å². The molecule has 0 aliphatic carbocycles. The lowest BCUT2D eigenvalue weighted by Crippen LogP contribution is -2.58. The normalized spacial score (nSPS) is 38.0. The summed E-state index contributed by atoms with van der Waals surface area (Å²) in [5.41, 5.74) is 0.857. The first-order chi connectivity index (χ1) is 8.01. The van der Waals surface area contributed by atoms with Crippen molar-refractivity contribution in [3.05, 3.63) is 35.9 Å². The van der Waals surface area contributed by atoms with Crippen LogP contribution in [0.5, 0.6) is 0 Å². The molecule has 17 heavy (non-hydrogen) atoms. The summed E-state index contributed by atoms with van der Waals surface area (Å²) < 4.78 is 5.41. The van der Waals surface area contributed by atoms with Crippen LogP contribution in [0.25, 0.3) is 0 Å². The van der Waals surface area contributed by atoms with Gasteiger partial charge in [-0.1, -0.05) is 30.3 Å². The van der Waals surface area contributed by atoms with E-state index in [0.717, 1.165) is 5.56 Å². The first-order valence-electron chi connectivity index (χ1n) is 5.81. The molecule has 0 aromatic heterocycles. The molecule has 1 aromatic rings. The van der Waals surface area contributed by atoms with Gasteiger partial charge in [0, 0.05) is 12.8 Å². The van der Waals surface area contributed by atoms with E-state index in [1.807, 2.05) is 30.3 Å². The Morgan fingerprint density at radius 3 is 2.59 bits per heavy atom. The minimum Gasteiger partial charge on any atom is -0.390 e. The highest BCUT2D eigenvalue weighted by molar-refractivity contribution is 5.17. The highest BCUT2D eigenvalue weighted by Crippen LogP contribution is 2.30. The number of aliphatic hydroxyl groups is 3. The largest absolute Gasteiger partial charge is 0.390 e. The topological polar surface area (TPSA) is 69.9 Å². The van der Waals surface area contributed by atoms with E-state index in [-0.39, 0.29) is 12.5 Å². The fourth-order valence-corrected chi connectivity index (χ4v) is 2.27. The van der Waals surface area contributed by atoms with Crippen LogP contribution >= 0.6 is 0 Å². The number of benzene rings is 1. The highest BCUT2D eigenvalue weighted by Gasteiger charge is 2.46. The summed E-state index contributed by atoms with van der Waals surface area (Å²) in [5.74, 6) is -1.71. The molecule has 1 aliphatic heterocycles. The summed E-state index contributed by atoms with van der Waals surface area (Å²) in [6.07, 6.45) is -2.01. The molecule has 0 saturated carbocycles. The average Bonchev–Trinajstić information content (AvgIpc) is 2.27. The minimum atomic E-state index is -1.71. The fraction of sp³-hybridized carbons (Fsp3) is 0.538. The molecule has 1 aromatic carbocycles. The first-order valence-corrected chi connectivity index (χ1v) is 5.81. The first kappa shape index (κ1) is 12.5. The van der Waals surface area contributed by atoms with Crippen molar-refractivity contribution in [3.8, 4) is 0 Å². The summed E-state index contributed by atoms with van der Waals surface area (Å²) in [6.45, 7) is 1.77. The molecule has 0 unspecified atom stereocenters. The van der Waals surface area contributed by atoms with Gasteiger partial charge in [0.15, 0.2) is 5.79 Å². The third-order valence-electron chi connectivity index (χ3n) is 3.11. The van der Waals surface area contributed by atoms with E-state index in [9.17, 15) is 15.3 Å². The lowest BCUT2D eigenvalue weighted by molar-refractivity contribution is -0.318. The van der Waals surface area contributed by atoms with Crippen LogP contribution in [-0.2, 0) is 11.2 Å². The molecule has 94 valence electrons. The second-order valence-electron chi connectivity index (χ2n) is 4.68. The summed E-state index contributed by atoms with van der Waals surface area (Å²) >= 11 is 0. The second-order valence-corrected chi connectivity index (χ2v) is 4.68. The van der Waals surface area contributed by atoms with Crippen LogP contribution in [0.1, 0.15) is 18.9 Å². The van der Waals surface area contributed by atoms with Crippen LogP contribution < -0.4 is 0 Å². The Morgan fingerprint density at radius 2 is 1.94 bits per heavy atom. The molecular formula is C13H18O4. The van der Waals surface area contributed by atoms with Crippen LogP contribution in [0, 0.1) is 0 Å². The molecule has 0 amide bonds. The Morgan fingerprint density at radius 1 is 1.29 bits per heavy atom. The Labute approximate surface area is 100 Å². The van der Waals surface area contributed by atoms with Crippen molar-refractivity contribution < 1.29 is 20.1 Å². The van der Waals surface area contributed by atoms with Crippen LogP contribution in [0.4, 0.5) is 0 Å². The Bertz CT molecular complexity index is 367. The van der Waals surface area contributed by atoms with Crippen LogP contribution in [0.3, 0.4) is 0 Å². The smallest absolute Gasteiger partial charge is 0.198 e. The van der Waals surface area contributed by atoms with Crippen LogP contribution in [0.2, 0.25) is 0 Å². The van der Waals surface area contributed by atoms with Gasteiger partial charge in [0.2, 0.25) is 0 Å². The summed E-state index contributed by atoms with van der Waals surface area (Å²) in [6, 6.07) is 9.28. The zero-order valence-electron chi connectivity index (χ0n) is 9.78. The Hall–Kier alpha value is -0.940. The fourth-order valence-electron chi connectivity index (χ4n) is 2.27. The van der Waals surface area contributed by atoms with E-state index in [1.54, 1.807) is 6.92 Å². The van der Waals surface area contributed by atoms with Crippen molar-refractivity contribution in [2.45, 2.75) is 43.9 Å². The molecule has 1 saturated heterocycles. The van der Waals surface area contributed by atoms with Gasteiger partial charge < -0.3 is 20.1 Å². The summed E-state index contributed by atoms with van der Waals surface area (Å²) in [5, 5.41) is 29.8. The van der Waals surface area contributed by atoms with E-state index >= 15 is 0 Å². The maximum absolute atomic E-state index is 10.3. The molecule has 2 rings (SSSR count). The molecule has 1 fully saturated rings. The third kappa shape index (κ3) is 2.66. The molecule has 0 radical (unpaired) electrons. The predicted molar refractivity (Wildman–Crippen MR) is 62.3 cm³/mol. The number of ether oxygens (including phenoxy) is 1. The van der Waals surface area contributed by atoms with Crippen molar-refractivity contribution in [1.82, 2.24) is 0 Å². The van der Waals surface area contributed by atoms with Gasteiger partial charge in [-0.25, -0.2) is 0 Å². The zero-order valence-corrected chi connectivity index (χ0v) is 9.78. The molecule has 1 aliphatic rings. The van der Waals surface area contributed by atoms with Gasteiger partial charge in [-0.3, -0.25) is 0 Å². The molecule has 3 N–H and O–H groups in total. The Balaban J connectivity index is 2.16. The molecule has 0 spiro atoms. The van der Waals surface area contributed by atoms with Gasteiger partial charge >= 0.3 is 0 Å². The van der Waals surface area contributed by atoms with Crippen molar-refractivity contribution in [2.24, 2.45) is 0 Å². The van der Waals surface area contributed by atoms with E-state index in [4.69, 9.17) is 4.74 Å². The molecule has 4 nitrogen and oxygen atoms in total. The Kier molecular flexibility index (Phi) is 3.49. The van der Waals surface area contributed by atoms with Gasteiger partial charge in [-0.15, -0.1) is 0 Å². The lowest BCUT2D eigenvalue weighted by atomic mass is 9.91. The van der Waals surface area contributed by atoms with E-state index < -0.39 is 18.0 Å². The van der Waals surface area contributed by atoms with Gasteiger partial charge in [0.1, 0.15) is 6.10 Å². The summed E-state index contributed by atoms with van der Waals surface area (Å²) in [7, 11) is 0. The van der Waals surface area contributed by atoms with Crippen molar-refractivity contribution >= 4 is 0 Å². The second kappa shape index (κ2) is 4.74. The van der Waals surface area contributed by atoms with E-state index in [0.29, 0.717) is 6.42 Å². The average molecular weight is 238 g/mol. The summed E-state index contributed by atoms with van der Waals surface area (Å²) in [4.78, 5) is 0. The maximum Gasteiger partial charge on any atom is 0.198 e. The number of hydrogen-bond donors (Lipinski definition) is 3. The quantitative estimate of drug-likeness (QED) is 0.699. The highest BCUT2D eigenvalue weighted by atomic mass is 16.6. The zero-order chi connectivity index (χ0) is 12.5. The maximum atomic E-state index is 10.3. The molecule has 1 heterocycles.